The smallest absolute Gasteiger partial charge is 0.326 e. The molecule has 41 heavy (non-hydrogen) atoms. The number of nitrogens with two attached hydrogens (primary N) is 2. The molecule has 0 aromatic carbocycles. The van der Waals surface area contributed by atoms with Crippen LogP contribution in [-0.2, 0) is 28.8 Å². The third-order valence-corrected chi connectivity index (χ3v) is 5.56. The molecular formula is C23H42N8O10. The number of rotatable bonds is 19. The van der Waals surface area contributed by atoms with Crippen molar-refractivity contribution in [2.75, 3.05) is 13.2 Å². The van der Waals surface area contributed by atoms with Crippen LogP contribution in [0.25, 0.3) is 0 Å². The quantitative estimate of drug-likeness (QED) is 0.0384. The molecule has 0 rings (SSSR count). The van der Waals surface area contributed by atoms with Gasteiger partial charge >= 0.3 is 11.9 Å². The molecule has 0 aliphatic carbocycles. The molecule has 0 bridgehead atoms. The van der Waals surface area contributed by atoms with E-state index in [1.54, 1.807) is 13.8 Å². The Morgan fingerprint density at radius 2 is 1.37 bits per heavy atom. The van der Waals surface area contributed by atoms with Gasteiger partial charge in [-0.2, -0.15) is 0 Å². The Bertz CT molecular complexity index is 945. The molecule has 0 aliphatic heterocycles. The summed E-state index contributed by atoms with van der Waals surface area (Å²) in [4.78, 5) is 73.4. The van der Waals surface area contributed by atoms with E-state index in [1.807, 2.05) is 0 Å². The molecule has 0 saturated carbocycles. The number of hydrogen-bond acceptors (Lipinski definition) is 10. The molecule has 0 aromatic rings. The van der Waals surface area contributed by atoms with Gasteiger partial charge in [-0.25, -0.2) is 4.79 Å². The van der Waals surface area contributed by atoms with Crippen LogP contribution in [0.5, 0.6) is 0 Å². The maximum Gasteiger partial charge on any atom is 0.326 e. The Morgan fingerprint density at radius 3 is 1.83 bits per heavy atom. The largest absolute Gasteiger partial charge is 0.481 e. The summed E-state index contributed by atoms with van der Waals surface area (Å²) in [6.45, 7) is 3.89. The van der Waals surface area contributed by atoms with Crippen LogP contribution in [0.1, 0.15) is 46.5 Å². The van der Waals surface area contributed by atoms with Gasteiger partial charge in [0.05, 0.1) is 25.2 Å². The van der Waals surface area contributed by atoms with E-state index in [9.17, 15) is 49.2 Å². The Kier molecular flexibility index (Phi) is 16.5. The number of aliphatic hydroxyl groups is 2. The Morgan fingerprint density at radius 1 is 0.829 bits per heavy atom. The minimum atomic E-state index is -1.82. The van der Waals surface area contributed by atoms with E-state index in [0.29, 0.717) is 6.42 Å². The van der Waals surface area contributed by atoms with Gasteiger partial charge in [-0.05, 0) is 32.1 Å². The third-order valence-electron chi connectivity index (χ3n) is 5.56. The first-order chi connectivity index (χ1) is 19.0. The molecule has 0 unspecified atom stereocenters. The van der Waals surface area contributed by atoms with Crippen molar-refractivity contribution in [2.24, 2.45) is 17.4 Å². The Balaban J connectivity index is 5.48. The lowest BCUT2D eigenvalue weighted by atomic mass is 10.0. The molecule has 18 heteroatoms. The average Bonchev–Trinajstić information content (AvgIpc) is 2.85. The van der Waals surface area contributed by atoms with Crippen molar-refractivity contribution in [3.63, 3.8) is 0 Å². The number of amides is 4. The number of carboxylic acids is 2. The van der Waals surface area contributed by atoms with Crippen LogP contribution in [0, 0.1) is 11.3 Å². The number of aliphatic carboxylic acids is 2. The van der Waals surface area contributed by atoms with Crippen molar-refractivity contribution in [1.82, 2.24) is 26.6 Å². The number of aliphatic hydroxyl groups excluding tert-OH is 2. The molecule has 0 fully saturated rings. The van der Waals surface area contributed by atoms with Crippen molar-refractivity contribution in [2.45, 2.75) is 82.8 Å². The summed E-state index contributed by atoms with van der Waals surface area (Å²) in [7, 11) is 0. The minimum Gasteiger partial charge on any atom is -0.481 e. The SMILES string of the molecule is CC(C)C[C@H](NC(=O)[C@@H](NC(=O)[C@H](CC(=O)O)NC(=O)[C@H](CO)NC(=O)[C@@H](N)CCCNC(=N)N)[C@@H](C)O)C(=O)O. The monoisotopic (exact) mass is 590 g/mol. The molecule has 14 N–H and O–H groups in total. The van der Waals surface area contributed by atoms with Gasteiger partial charge in [0.2, 0.25) is 23.6 Å². The van der Waals surface area contributed by atoms with E-state index in [2.05, 4.69) is 26.6 Å². The van der Waals surface area contributed by atoms with E-state index in [1.165, 1.54) is 0 Å². The van der Waals surface area contributed by atoms with Crippen LogP contribution in [0.2, 0.25) is 0 Å². The Hall–Kier alpha value is -4.03. The molecule has 234 valence electrons. The lowest BCUT2D eigenvalue weighted by Gasteiger charge is -2.27. The zero-order valence-corrected chi connectivity index (χ0v) is 23.2. The predicted molar refractivity (Wildman–Crippen MR) is 143 cm³/mol. The molecule has 0 radical (unpaired) electrons. The summed E-state index contributed by atoms with van der Waals surface area (Å²) in [5.74, 6) is -7.51. The van der Waals surface area contributed by atoms with Gasteiger partial charge in [-0.15, -0.1) is 0 Å². The van der Waals surface area contributed by atoms with Crippen LogP contribution in [-0.4, -0.2) is 111 Å². The topological polar surface area (TPSA) is 319 Å². The van der Waals surface area contributed by atoms with Crippen LogP contribution < -0.4 is 38.1 Å². The van der Waals surface area contributed by atoms with E-state index in [4.69, 9.17) is 16.9 Å². The normalized spacial score (nSPS) is 15.3. The highest BCUT2D eigenvalue weighted by Crippen LogP contribution is 2.07. The zero-order valence-electron chi connectivity index (χ0n) is 23.2. The van der Waals surface area contributed by atoms with Crippen LogP contribution in [0.4, 0.5) is 0 Å². The number of nitrogens with one attached hydrogen (secondary N) is 6. The number of carbonyl (C=O) groups excluding carboxylic acids is 4. The molecule has 6 atom stereocenters. The second-order valence-electron chi connectivity index (χ2n) is 9.75. The van der Waals surface area contributed by atoms with Gasteiger partial charge in [0, 0.05) is 6.54 Å². The number of carbonyl (C=O) groups is 6. The molecule has 0 saturated heterocycles. The van der Waals surface area contributed by atoms with E-state index >= 15 is 0 Å². The predicted octanol–water partition coefficient (Wildman–Crippen LogP) is -4.51. The maximum absolute atomic E-state index is 12.9. The fraction of sp³-hybridized carbons (Fsp3) is 0.696. The van der Waals surface area contributed by atoms with Crippen molar-refractivity contribution in [3.8, 4) is 0 Å². The second-order valence-corrected chi connectivity index (χ2v) is 9.75. The summed E-state index contributed by atoms with van der Waals surface area (Å²) in [5.41, 5.74) is 10.9. The first-order valence-corrected chi connectivity index (χ1v) is 12.8. The van der Waals surface area contributed by atoms with Gasteiger partial charge in [0.25, 0.3) is 0 Å². The lowest BCUT2D eigenvalue weighted by Crippen LogP contribution is -2.61. The van der Waals surface area contributed by atoms with Crippen molar-refractivity contribution in [3.05, 3.63) is 0 Å². The summed E-state index contributed by atoms with van der Waals surface area (Å²) in [6.07, 6.45) is -2.02. The van der Waals surface area contributed by atoms with Gasteiger partial charge in [0.1, 0.15) is 24.2 Å². The van der Waals surface area contributed by atoms with Gasteiger partial charge < -0.3 is 58.5 Å². The summed E-state index contributed by atoms with van der Waals surface area (Å²) < 4.78 is 0. The van der Waals surface area contributed by atoms with E-state index < -0.39 is 84.9 Å². The number of hydrogen-bond donors (Lipinski definition) is 12. The standard InChI is InChI=1S/C23H42N8O10/c1-10(2)7-14(22(40)41)29-21(39)17(11(3)33)31-19(37)13(8-16(34)35)28-20(38)15(9-32)30-18(36)12(24)5-4-6-27-23(25)26/h10-15,17,32-33H,4-9,24H2,1-3H3,(H,28,38)(H,29,39)(H,30,36)(H,31,37)(H,34,35)(H,40,41)(H4,25,26,27)/t11-,12+,13+,14+,15+,17+/m1/s1. The van der Waals surface area contributed by atoms with Crippen LogP contribution in [0.15, 0.2) is 0 Å². The second kappa shape index (κ2) is 18.3. The first-order valence-electron chi connectivity index (χ1n) is 12.8. The number of carboxylic acid groups (broad SMARTS) is 2. The summed E-state index contributed by atoms with van der Waals surface area (Å²) in [5, 5.41) is 56.4. The first kappa shape index (κ1) is 37.0. The lowest BCUT2D eigenvalue weighted by molar-refractivity contribution is -0.144. The Labute approximate surface area is 236 Å². The summed E-state index contributed by atoms with van der Waals surface area (Å²) in [6, 6.07) is -7.61. The van der Waals surface area contributed by atoms with Crippen molar-refractivity contribution >= 4 is 41.5 Å². The molecule has 4 amide bonds. The van der Waals surface area contributed by atoms with Crippen molar-refractivity contribution < 1.29 is 49.2 Å². The highest BCUT2D eigenvalue weighted by molar-refractivity contribution is 5.97. The molecule has 0 aliphatic rings. The maximum atomic E-state index is 12.9. The fourth-order valence-corrected chi connectivity index (χ4v) is 3.42. The molecule has 18 nitrogen and oxygen atoms in total. The van der Waals surface area contributed by atoms with E-state index in [-0.39, 0.29) is 31.3 Å². The third kappa shape index (κ3) is 14.8. The van der Waals surface area contributed by atoms with E-state index in [0.717, 1.165) is 6.92 Å². The van der Waals surface area contributed by atoms with Crippen LogP contribution in [0.3, 0.4) is 0 Å². The molecule has 0 heterocycles. The van der Waals surface area contributed by atoms with Crippen molar-refractivity contribution in [1.29, 1.82) is 5.41 Å². The minimum absolute atomic E-state index is 0.0481. The molecule has 0 spiro atoms. The average molecular weight is 591 g/mol. The van der Waals surface area contributed by atoms with Gasteiger partial charge in [-0.3, -0.25) is 29.4 Å². The van der Waals surface area contributed by atoms with Gasteiger partial charge in [0.15, 0.2) is 5.96 Å². The molecule has 0 aromatic heterocycles. The highest BCUT2D eigenvalue weighted by Gasteiger charge is 2.34. The van der Waals surface area contributed by atoms with Gasteiger partial charge in [-0.1, -0.05) is 13.8 Å². The number of guanidine groups is 1. The summed E-state index contributed by atoms with van der Waals surface area (Å²) >= 11 is 0. The molecular weight excluding hydrogens is 548 g/mol. The fourth-order valence-electron chi connectivity index (χ4n) is 3.42. The zero-order chi connectivity index (χ0) is 31.9. The van der Waals surface area contributed by atoms with Crippen LogP contribution >= 0.6 is 0 Å². The highest BCUT2D eigenvalue weighted by atomic mass is 16.4.